The summed E-state index contributed by atoms with van der Waals surface area (Å²) in [5.74, 6) is -2.04. The monoisotopic (exact) mass is 478 g/mol. The first-order chi connectivity index (χ1) is 16.1. The number of anilines is 1. The van der Waals surface area contributed by atoms with E-state index in [2.05, 4.69) is 20.4 Å². The van der Waals surface area contributed by atoms with Gasteiger partial charge < -0.3 is 14.4 Å². The molecule has 0 spiro atoms. The second-order valence-corrected chi connectivity index (χ2v) is 7.52. The summed E-state index contributed by atoms with van der Waals surface area (Å²) in [5.41, 5.74) is 1.52. The van der Waals surface area contributed by atoms with Crippen molar-refractivity contribution in [3.05, 3.63) is 53.2 Å². The van der Waals surface area contributed by atoms with Crippen LogP contribution < -0.4 is 15.4 Å². The van der Waals surface area contributed by atoms with Crippen LogP contribution in [-0.4, -0.2) is 46.1 Å². The number of amides is 4. The molecule has 1 saturated heterocycles. The number of carbonyl (C=O) groups excluding carboxylic acids is 4. The Morgan fingerprint density at radius 1 is 1.21 bits per heavy atom. The third-order valence-electron chi connectivity index (χ3n) is 5.16. The number of carbonyl (C=O) groups is 4. The maximum Gasteiger partial charge on any atom is 0.573 e. The van der Waals surface area contributed by atoms with E-state index in [-0.39, 0.29) is 43.6 Å². The maximum atomic E-state index is 12.8. The second kappa shape index (κ2) is 9.00. The van der Waals surface area contributed by atoms with Crippen molar-refractivity contribution < 1.29 is 41.8 Å². The lowest BCUT2D eigenvalue weighted by Crippen LogP contribution is -2.52. The van der Waals surface area contributed by atoms with E-state index in [1.165, 1.54) is 11.0 Å². The number of pyridine rings is 1. The Morgan fingerprint density at radius 2 is 2.00 bits per heavy atom. The first-order valence-electron chi connectivity index (χ1n) is 10.0. The molecule has 178 valence electrons. The van der Waals surface area contributed by atoms with Crippen molar-refractivity contribution in [2.24, 2.45) is 0 Å². The van der Waals surface area contributed by atoms with E-state index in [0.29, 0.717) is 16.7 Å². The first kappa shape index (κ1) is 23.0. The van der Waals surface area contributed by atoms with E-state index in [1.807, 2.05) is 0 Å². The van der Waals surface area contributed by atoms with Gasteiger partial charge in [-0.1, -0.05) is 12.1 Å². The van der Waals surface area contributed by atoms with Gasteiger partial charge in [0.1, 0.15) is 24.2 Å². The van der Waals surface area contributed by atoms with Crippen LogP contribution in [0.15, 0.2) is 36.5 Å². The molecule has 1 atom stereocenters. The fraction of sp³-hybridized carbons (Fsp3) is 0.286. The zero-order chi connectivity index (χ0) is 24.5. The summed E-state index contributed by atoms with van der Waals surface area (Å²) in [5, 5.41) is 4.42. The van der Waals surface area contributed by atoms with Crippen molar-refractivity contribution in [1.82, 2.24) is 15.2 Å². The highest BCUT2D eigenvalue weighted by Crippen LogP contribution is 2.28. The van der Waals surface area contributed by atoms with E-state index in [9.17, 15) is 32.3 Å². The normalized spacial score (nSPS) is 17.8. The standard InChI is InChI=1S/C21H17F3N4O6/c22-21(23,24)34-13-5-6-25-16(8-13)26-20(32)33-10-11-1-2-12-9-28(19(31)14(12)7-11)15-3-4-17(29)27-18(15)30/h1-2,5-8,15H,3-4,9-10H2,(H,25,26,32)(H,27,29,30). The maximum absolute atomic E-state index is 12.8. The average Bonchev–Trinajstić information content (AvgIpc) is 3.07. The van der Waals surface area contributed by atoms with E-state index in [0.717, 1.165) is 18.3 Å². The molecule has 2 aliphatic heterocycles. The van der Waals surface area contributed by atoms with Crippen LogP contribution >= 0.6 is 0 Å². The minimum atomic E-state index is -4.89. The lowest BCUT2D eigenvalue weighted by molar-refractivity contribution is -0.274. The van der Waals surface area contributed by atoms with Gasteiger partial charge in [0.15, 0.2) is 0 Å². The summed E-state index contributed by atoms with van der Waals surface area (Å²) in [6, 6.07) is 5.97. The van der Waals surface area contributed by atoms with Gasteiger partial charge in [-0.25, -0.2) is 9.78 Å². The van der Waals surface area contributed by atoms with Gasteiger partial charge >= 0.3 is 12.5 Å². The van der Waals surface area contributed by atoms with Crippen LogP contribution in [0.2, 0.25) is 0 Å². The summed E-state index contributed by atoms with van der Waals surface area (Å²) >= 11 is 0. The molecule has 4 rings (SSSR count). The van der Waals surface area contributed by atoms with Crippen LogP contribution in [0.1, 0.15) is 34.3 Å². The van der Waals surface area contributed by atoms with Gasteiger partial charge in [-0.3, -0.25) is 25.0 Å². The van der Waals surface area contributed by atoms with Crippen LogP contribution in [0, 0.1) is 0 Å². The SMILES string of the molecule is O=C1CCC(N2Cc3ccc(COC(=O)Nc4cc(OC(F)(F)F)ccn4)cc3C2=O)C(=O)N1. The van der Waals surface area contributed by atoms with Gasteiger partial charge in [0.05, 0.1) is 0 Å². The lowest BCUT2D eigenvalue weighted by Gasteiger charge is -2.29. The Morgan fingerprint density at radius 3 is 2.74 bits per heavy atom. The van der Waals surface area contributed by atoms with Gasteiger partial charge in [0.2, 0.25) is 11.8 Å². The molecule has 0 radical (unpaired) electrons. The third-order valence-corrected chi connectivity index (χ3v) is 5.16. The Balaban J connectivity index is 1.35. The van der Waals surface area contributed by atoms with E-state index < -0.39 is 30.2 Å². The van der Waals surface area contributed by atoms with Crippen molar-refractivity contribution in [3.8, 4) is 5.75 Å². The third kappa shape index (κ3) is 5.24. The molecule has 0 bridgehead atoms. The molecular weight excluding hydrogens is 461 g/mol. The Kier molecular flexibility index (Phi) is 6.09. The molecule has 2 aromatic rings. The highest BCUT2D eigenvalue weighted by molar-refractivity contribution is 6.05. The minimum absolute atomic E-state index is 0.144. The van der Waals surface area contributed by atoms with Gasteiger partial charge in [0.25, 0.3) is 5.91 Å². The number of nitrogens with zero attached hydrogens (tertiary/aromatic N) is 2. The molecule has 1 fully saturated rings. The lowest BCUT2D eigenvalue weighted by atomic mass is 10.0. The quantitative estimate of drug-likeness (QED) is 0.632. The molecule has 2 N–H and O–H groups in total. The van der Waals surface area contributed by atoms with Gasteiger partial charge in [0, 0.05) is 30.8 Å². The fourth-order valence-electron chi connectivity index (χ4n) is 3.66. The predicted molar refractivity (Wildman–Crippen MR) is 107 cm³/mol. The topological polar surface area (TPSA) is 127 Å². The molecule has 10 nitrogen and oxygen atoms in total. The number of ether oxygens (including phenoxy) is 2. The molecule has 0 aliphatic carbocycles. The van der Waals surface area contributed by atoms with Crippen LogP contribution in [-0.2, 0) is 27.5 Å². The smallest absolute Gasteiger partial charge is 0.444 e. The summed E-state index contributed by atoms with van der Waals surface area (Å²) < 4.78 is 45.8. The molecule has 3 heterocycles. The molecule has 4 amide bonds. The molecule has 1 unspecified atom stereocenters. The predicted octanol–water partition coefficient (Wildman–Crippen LogP) is 2.49. The first-order valence-corrected chi connectivity index (χ1v) is 10.0. The summed E-state index contributed by atoms with van der Waals surface area (Å²) in [7, 11) is 0. The highest BCUT2D eigenvalue weighted by Gasteiger charge is 2.39. The molecule has 34 heavy (non-hydrogen) atoms. The van der Waals surface area contributed by atoms with Crippen LogP contribution in [0.3, 0.4) is 0 Å². The van der Waals surface area contributed by atoms with Crippen molar-refractivity contribution >= 4 is 29.6 Å². The number of rotatable bonds is 5. The number of aromatic nitrogens is 1. The molecular formula is C21H17F3N4O6. The molecule has 1 aromatic carbocycles. The number of nitrogens with one attached hydrogen (secondary N) is 2. The number of imide groups is 1. The van der Waals surface area contributed by atoms with Crippen molar-refractivity contribution in [3.63, 3.8) is 0 Å². The Hall–Kier alpha value is -4.16. The van der Waals surface area contributed by atoms with Gasteiger partial charge in [-0.05, 0) is 29.7 Å². The number of hydrogen-bond acceptors (Lipinski definition) is 7. The molecule has 1 aromatic heterocycles. The largest absolute Gasteiger partial charge is 0.573 e. The van der Waals surface area contributed by atoms with E-state index in [4.69, 9.17) is 4.74 Å². The number of fused-ring (bicyclic) bond motifs is 1. The van der Waals surface area contributed by atoms with E-state index in [1.54, 1.807) is 12.1 Å². The van der Waals surface area contributed by atoms with Crippen molar-refractivity contribution in [2.75, 3.05) is 5.32 Å². The zero-order valence-corrected chi connectivity index (χ0v) is 17.3. The fourth-order valence-corrected chi connectivity index (χ4v) is 3.66. The second-order valence-electron chi connectivity index (χ2n) is 7.52. The van der Waals surface area contributed by atoms with Crippen LogP contribution in [0.25, 0.3) is 0 Å². The molecule has 2 aliphatic rings. The van der Waals surface area contributed by atoms with Crippen molar-refractivity contribution in [1.29, 1.82) is 0 Å². The number of piperidine rings is 1. The summed E-state index contributed by atoms with van der Waals surface area (Å²) in [6.07, 6.45) is -4.46. The van der Waals surface area contributed by atoms with E-state index >= 15 is 0 Å². The number of hydrogen-bond donors (Lipinski definition) is 2. The minimum Gasteiger partial charge on any atom is -0.444 e. The highest BCUT2D eigenvalue weighted by atomic mass is 19.4. The Labute approximate surface area is 190 Å². The average molecular weight is 478 g/mol. The molecule has 0 saturated carbocycles. The number of alkyl halides is 3. The van der Waals surface area contributed by atoms with Crippen LogP contribution in [0.5, 0.6) is 5.75 Å². The van der Waals surface area contributed by atoms with Gasteiger partial charge in [-0.2, -0.15) is 0 Å². The molecule has 13 heteroatoms. The Bertz CT molecular complexity index is 1170. The summed E-state index contributed by atoms with van der Waals surface area (Å²) in [6.45, 7) is -0.0202. The summed E-state index contributed by atoms with van der Waals surface area (Å²) in [4.78, 5) is 53.4. The van der Waals surface area contributed by atoms with Crippen molar-refractivity contribution in [2.45, 2.75) is 38.4 Å². The number of halogens is 3. The van der Waals surface area contributed by atoms with Crippen LogP contribution in [0.4, 0.5) is 23.8 Å². The zero-order valence-electron chi connectivity index (χ0n) is 17.3. The van der Waals surface area contributed by atoms with Gasteiger partial charge in [-0.15, -0.1) is 13.2 Å². The number of benzene rings is 1.